The molecule has 1 fully saturated rings. The van der Waals surface area contributed by atoms with Crippen LogP contribution in [0.25, 0.3) is 17.5 Å². The van der Waals surface area contributed by atoms with E-state index in [9.17, 15) is 5.11 Å². The quantitative estimate of drug-likeness (QED) is 0.142. The molecule has 0 spiro atoms. The molecule has 2 aromatic carbocycles. The Morgan fingerprint density at radius 1 is 1.23 bits per heavy atom. The fourth-order valence-corrected chi connectivity index (χ4v) is 6.15. The summed E-state index contributed by atoms with van der Waals surface area (Å²) in [4.78, 5) is 13.2. The van der Waals surface area contributed by atoms with Gasteiger partial charge in [0.05, 0.1) is 17.3 Å². The SMILES string of the molecule is C[C@H](N)CCCc1cc(Cl)c(F)c(-c2cc3c([nH]2)=NC(O)N(c2ccc([C@@H]4CCC[C@@H](CCN=C(N)CN)N4)c(F)c2)C=3)c1. The lowest BCUT2D eigenvalue weighted by atomic mass is 9.91. The summed E-state index contributed by atoms with van der Waals surface area (Å²) in [6.07, 6.45) is 6.37. The number of nitrogens with zero attached hydrogens (tertiary/aromatic N) is 3. The number of nitrogens with one attached hydrogen (secondary N) is 2. The van der Waals surface area contributed by atoms with Crippen molar-refractivity contribution in [1.29, 1.82) is 0 Å². The zero-order valence-electron chi connectivity index (χ0n) is 24.9. The van der Waals surface area contributed by atoms with Crippen LogP contribution in [0.3, 0.4) is 0 Å². The molecule has 1 unspecified atom stereocenters. The number of anilines is 1. The summed E-state index contributed by atoms with van der Waals surface area (Å²) in [7, 11) is 0. The molecular formula is C32H41ClF2N8O. The first kappa shape index (κ1) is 32.1. The lowest BCUT2D eigenvalue weighted by Gasteiger charge is -2.32. The van der Waals surface area contributed by atoms with Gasteiger partial charge in [-0.2, -0.15) is 0 Å². The molecule has 3 heterocycles. The van der Waals surface area contributed by atoms with E-state index in [2.05, 4.69) is 20.3 Å². The molecule has 2 aliphatic rings. The molecule has 3 aromatic rings. The Morgan fingerprint density at radius 3 is 2.80 bits per heavy atom. The molecule has 1 aromatic heterocycles. The van der Waals surface area contributed by atoms with E-state index in [1.54, 1.807) is 36.5 Å². The summed E-state index contributed by atoms with van der Waals surface area (Å²) in [5.41, 5.74) is 20.2. The molecule has 5 rings (SSSR count). The van der Waals surface area contributed by atoms with Gasteiger partial charge in [0.25, 0.3) is 0 Å². The zero-order valence-corrected chi connectivity index (χ0v) is 25.6. The highest BCUT2D eigenvalue weighted by Crippen LogP contribution is 2.32. The largest absolute Gasteiger partial charge is 0.386 e. The van der Waals surface area contributed by atoms with Crippen LogP contribution in [0.15, 0.2) is 46.4 Å². The van der Waals surface area contributed by atoms with E-state index in [1.807, 2.05) is 6.92 Å². The molecule has 12 heteroatoms. The molecule has 4 atom stereocenters. The second kappa shape index (κ2) is 14.2. The number of aryl methyl sites for hydroxylation is 1. The van der Waals surface area contributed by atoms with Gasteiger partial charge in [0.15, 0.2) is 5.82 Å². The van der Waals surface area contributed by atoms with Crippen molar-refractivity contribution in [3.63, 3.8) is 0 Å². The number of aromatic nitrogens is 1. The first-order valence-corrected chi connectivity index (χ1v) is 15.5. The maximum atomic E-state index is 15.5. The third kappa shape index (κ3) is 7.47. The van der Waals surface area contributed by atoms with Crippen LogP contribution in [0, 0.1) is 11.6 Å². The topological polar surface area (TPSA) is 154 Å². The van der Waals surface area contributed by atoms with Gasteiger partial charge in [-0.05, 0) is 81.3 Å². The summed E-state index contributed by atoms with van der Waals surface area (Å²) >= 11 is 6.25. The van der Waals surface area contributed by atoms with E-state index >= 15 is 8.78 Å². The fraction of sp³-hybridized carbons (Fsp3) is 0.438. The zero-order chi connectivity index (χ0) is 31.4. The summed E-state index contributed by atoms with van der Waals surface area (Å²) in [5, 5.41) is 15.1. The molecule has 0 bridgehead atoms. The highest BCUT2D eigenvalue weighted by Gasteiger charge is 2.26. The van der Waals surface area contributed by atoms with Crippen LogP contribution in [0.2, 0.25) is 5.02 Å². The van der Waals surface area contributed by atoms with Gasteiger partial charge in [-0.25, -0.2) is 13.8 Å². The van der Waals surface area contributed by atoms with Crippen LogP contribution < -0.4 is 38.1 Å². The average molecular weight is 627 g/mol. The molecule has 9 N–H and O–H groups in total. The number of amidine groups is 1. The van der Waals surface area contributed by atoms with Gasteiger partial charge in [0.2, 0.25) is 6.35 Å². The Balaban J connectivity index is 1.34. The molecule has 1 saturated heterocycles. The lowest BCUT2D eigenvalue weighted by Crippen LogP contribution is -2.41. The number of aromatic amines is 1. The Bertz CT molecular complexity index is 1620. The van der Waals surface area contributed by atoms with Crippen LogP contribution >= 0.6 is 11.6 Å². The molecular weight excluding hydrogens is 586 g/mol. The second-order valence-electron chi connectivity index (χ2n) is 11.7. The Kier molecular flexibility index (Phi) is 10.3. The van der Waals surface area contributed by atoms with Gasteiger partial charge in [0, 0.05) is 52.9 Å². The molecule has 44 heavy (non-hydrogen) atoms. The van der Waals surface area contributed by atoms with E-state index in [0.29, 0.717) is 45.6 Å². The minimum absolute atomic E-state index is 0.0348. The summed E-state index contributed by atoms with van der Waals surface area (Å²) < 4.78 is 30.6. The van der Waals surface area contributed by atoms with E-state index in [1.165, 1.54) is 11.0 Å². The molecule has 0 saturated carbocycles. The highest BCUT2D eigenvalue weighted by atomic mass is 35.5. The van der Waals surface area contributed by atoms with Crippen molar-refractivity contribution in [2.45, 2.75) is 76.3 Å². The number of hydrogen-bond donors (Lipinski definition) is 6. The van der Waals surface area contributed by atoms with Gasteiger partial charge in [-0.3, -0.25) is 4.99 Å². The van der Waals surface area contributed by atoms with Gasteiger partial charge in [-0.15, -0.1) is 0 Å². The summed E-state index contributed by atoms with van der Waals surface area (Å²) in [6, 6.07) is 10.3. The number of rotatable bonds is 11. The van der Waals surface area contributed by atoms with Gasteiger partial charge < -0.3 is 37.5 Å². The number of H-pyrrole nitrogens is 1. The van der Waals surface area contributed by atoms with Crippen molar-refractivity contribution in [3.05, 3.63) is 74.9 Å². The Hall–Kier alpha value is -3.35. The van der Waals surface area contributed by atoms with E-state index < -0.39 is 12.2 Å². The van der Waals surface area contributed by atoms with E-state index in [0.717, 1.165) is 50.5 Å². The van der Waals surface area contributed by atoms with Crippen molar-refractivity contribution < 1.29 is 13.9 Å². The number of nitrogens with two attached hydrogens (primary N) is 3. The molecule has 0 radical (unpaired) electrons. The minimum Gasteiger partial charge on any atom is -0.386 e. The third-order valence-electron chi connectivity index (χ3n) is 8.24. The molecule has 236 valence electrons. The standard InChI is InChI=1S/C32H41ClF2N8O/c1-18(37)4-2-5-19-12-24(30(35)25(33)13-19)28-14-20-17-43(32(44)42-31(20)41-28)22-8-9-23(26(34)15-22)27-7-3-6-21(40-27)10-11-39-29(38)16-36/h8-9,12-15,17-18,21,27,32,40,44H,2-7,10-11,16,36-37H2,1H3,(H2,38,39)(H,41,42)/t18-,21-,27-,32?/m0/s1. The molecule has 0 amide bonds. The van der Waals surface area contributed by atoms with Crippen molar-refractivity contribution in [2.24, 2.45) is 27.2 Å². The molecule has 9 nitrogen and oxygen atoms in total. The smallest absolute Gasteiger partial charge is 0.231 e. The maximum absolute atomic E-state index is 15.5. The van der Waals surface area contributed by atoms with Crippen molar-refractivity contribution in [3.8, 4) is 11.3 Å². The van der Waals surface area contributed by atoms with Gasteiger partial charge in [-0.1, -0.05) is 24.1 Å². The highest BCUT2D eigenvalue weighted by molar-refractivity contribution is 6.31. The number of aliphatic hydroxyl groups excluding tert-OH is 1. The average Bonchev–Trinajstić information content (AvgIpc) is 3.40. The first-order valence-electron chi connectivity index (χ1n) is 15.2. The monoisotopic (exact) mass is 626 g/mol. The number of fused-ring (bicyclic) bond motifs is 1. The van der Waals surface area contributed by atoms with Gasteiger partial charge in [0.1, 0.15) is 17.1 Å². The van der Waals surface area contributed by atoms with Crippen LogP contribution in [0.4, 0.5) is 14.5 Å². The Labute approximate surface area is 260 Å². The predicted octanol–water partition coefficient (Wildman–Crippen LogP) is 3.33. The minimum atomic E-state index is -1.30. The maximum Gasteiger partial charge on any atom is 0.231 e. The van der Waals surface area contributed by atoms with Crippen LogP contribution in [0.1, 0.15) is 62.6 Å². The van der Waals surface area contributed by atoms with Crippen LogP contribution in [0.5, 0.6) is 0 Å². The number of piperidine rings is 1. The van der Waals surface area contributed by atoms with Crippen molar-refractivity contribution >= 4 is 29.3 Å². The fourth-order valence-electron chi connectivity index (χ4n) is 5.91. The number of halogens is 3. The van der Waals surface area contributed by atoms with Crippen LogP contribution in [-0.2, 0) is 6.42 Å². The lowest BCUT2D eigenvalue weighted by molar-refractivity contribution is 0.186. The van der Waals surface area contributed by atoms with Gasteiger partial charge >= 0.3 is 0 Å². The molecule has 2 aliphatic heterocycles. The number of hydrogen-bond acceptors (Lipinski definition) is 7. The number of benzene rings is 2. The number of aliphatic hydroxyl groups is 1. The normalized spacial score (nSPS) is 21.0. The van der Waals surface area contributed by atoms with Crippen molar-refractivity contribution in [2.75, 3.05) is 18.0 Å². The third-order valence-corrected chi connectivity index (χ3v) is 8.52. The van der Waals surface area contributed by atoms with E-state index in [4.69, 9.17) is 28.8 Å². The Morgan fingerprint density at radius 2 is 2.05 bits per heavy atom. The van der Waals surface area contributed by atoms with Crippen LogP contribution in [-0.4, -0.2) is 47.5 Å². The molecule has 0 aliphatic carbocycles. The summed E-state index contributed by atoms with van der Waals surface area (Å²) in [6.45, 7) is 2.76. The predicted molar refractivity (Wildman–Crippen MR) is 172 cm³/mol. The van der Waals surface area contributed by atoms with Crippen molar-refractivity contribution in [1.82, 2.24) is 10.3 Å². The first-order chi connectivity index (χ1) is 21.1. The van der Waals surface area contributed by atoms with E-state index in [-0.39, 0.29) is 35.5 Å². The second-order valence-corrected chi connectivity index (χ2v) is 12.1. The number of aliphatic imine (C=N–C) groups is 1. The summed E-state index contributed by atoms with van der Waals surface area (Å²) in [5.74, 6) is -0.480.